The third-order valence-electron chi connectivity index (χ3n) is 3.63. The molecule has 0 fully saturated rings. The van der Waals surface area contributed by atoms with Crippen molar-refractivity contribution in [3.63, 3.8) is 0 Å². The molecule has 26 heavy (non-hydrogen) atoms. The van der Waals surface area contributed by atoms with Crippen molar-refractivity contribution in [2.45, 2.75) is 13.5 Å². The number of carbonyl (C=O) groups excluding carboxylic acids is 1. The number of benzene rings is 2. The number of nitrogens with one attached hydrogen (secondary N) is 1. The van der Waals surface area contributed by atoms with Crippen LogP contribution in [-0.2, 0) is 11.4 Å². The number of pyridine rings is 1. The molecule has 1 N–H and O–H groups in total. The number of carbonyl (C=O) groups is 1. The second-order valence-electron chi connectivity index (χ2n) is 5.65. The number of halogens is 2. The molecule has 0 spiro atoms. The molecule has 3 rings (SSSR count). The zero-order valence-corrected chi connectivity index (χ0v) is 14.0. The van der Waals surface area contributed by atoms with Gasteiger partial charge in [-0.2, -0.15) is 0 Å². The number of nitrogens with zero attached hydrogens (tertiary/aromatic N) is 1. The van der Waals surface area contributed by atoms with Crippen LogP contribution in [0.15, 0.2) is 60.8 Å². The summed E-state index contributed by atoms with van der Waals surface area (Å²) in [6.45, 7) is 1.54. The lowest BCUT2D eigenvalue weighted by Crippen LogP contribution is -2.08. The Labute approximate surface area is 149 Å². The SMILES string of the molecule is CC(=O)Nc1cc(-c2ccc(F)cc2OCc2ccccc2)c(F)cn1. The number of hydrogen-bond acceptors (Lipinski definition) is 3. The molecule has 0 aliphatic heterocycles. The summed E-state index contributed by atoms with van der Waals surface area (Å²) < 4.78 is 33.7. The molecule has 0 unspecified atom stereocenters. The predicted octanol–water partition coefficient (Wildman–Crippen LogP) is 4.56. The number of amides is 1. The van der Waals surface area contributed by atoms with Crippen LogP contribution in [0.2, 0.25) is 0 Å². The van der Waals surface area contributed by atoms with Gasteiger partial charge in [0, 0.05) is 24.1 Å². The van der Waals surface area contributed by atoms with E-state index in [2.05, 4.69) is 10.3 Å². The van der Waals surface area contributed by atoms with E-state index in [9.17, 15) is 13.6 Å². The van der Waals surface area contributed by atoms with E-state index >= 15 is 0 Å². The molecule has 132 valence electrons. The highest BCUT2D eigenvalue weighted by atomic mass is 19.1. The number of hydrogen-bond donors (Lipinski definition) is 1. The summed E-state index contributed by atoms with van der Waals surface area (Å²) in [4.78, 5) is 15.0. The van der Waals surface area contributed by atoms with Gasteiger partial charge in [0.15, 0.2) is 0 Å². The highest BCUT2D eigenvalue weighted by molar-refractivity contribution is 5.88. The van der Waals surface area contributed by atoms with Gasteiger partial charge in [-0.15, -0.1) is 0 Å². The van der Waals surface area contributed by atoms with Crippen LogP contribution < -0.4 is 10.1 Å². The Hall–Kier alpha value is -3.28. The highest BCUT2D eigenvalue weighted by Gasteiger charge is 2.14. The fourth-order valence-corrected chi connectivity index (χ4v) is 2.47. The lowest BCUT2D eigenvalue weighted by atomic mass is 10.0. The molecular weight excluding hydrogens is 338 g/mol. The van der Waals surface area contributed by atoms with Crippen LogP contribution in [0.4, 0.5) is 14.6 Å². The Kier molecular flexibility index (Phi) is 5.22. The van der Waals surface area contributed by atoms with Gasteiger partial charge < -0.3 is 10.1 Å². The van der Waals surface area contributed by atoms with E-state index in [1.165, 1.54) is 31.2 Å². The number of anilines is 1. The Morgan fingerprint density at radius 1 is 1.08 bits per heavy atom. The van der Waals surface area contributed by atoms with Gasteiger partial charge in [-0.1, -0.05) is 30.3 Å². The highest BCUT2D eigenvalue weighted by Crippen LogP contribution is 2.34. The molecular formula is C20H16F2N2O2. The van der Waals surface area contributed by atoms with Crippen molar-refractivity contribution in [1.29, 1.82) is 0 Å². The summed E-state index contributed by atoms with van der Waals surface area (Å²) in [5, 5.41) is 2.50. The summed E-state index contributed by atoms with van der Waals surface area (Å²) in [6, 6.07) is 14.6. The minimum atomic E-state index is -0.602. The first-order valence-corrected chi connectivity index (χ1v) is 7.92. The van der Waals surface area contributed by atoms with E-state index in [0.29, 0.717) is 5.56 Å². The monoisotopic (exact) mass is 354 g/mol. The smallest absolute Gasteiger partial charge is 0.222 e. The molecule has 1 amide bonds. The summed E-state index contributed by atoms with van der Waals surface area (Å²) in [5.41, 5.74) is 1.43. The maximum absolute atomic E-state index is 14.3. The molecule has 0 aliphatic carbocycles. The number of rotatable bonds is 5. The molecule has 3 aromatic rings. The molecule has 2 aromatic carbocycles. The van der Waals surface area contributed by atoms with E-state index < -0.39 is 11.6 Å². The topological polar surface area (TPSA) is 51.2 Å². The average Bonchev–Trinajstić information content (AvgIpc) is 2.62. The Bertz CT molecular complexity index is 930. The van der Waals surface area contributed by atoms with Crippen LogP contribution in [0.1, 0.15) is 12.5 Å². The van der Waals surface area contributed by atoms with Gasteiger partial charge in [0.1, 0.15) is 29.8 Å². The Morgan fingerprint density at radius 3 is 2.58 bits per heavy atom. The summed E-state index contributed by atoms with van der Waals surface area (Å²) >= 11 is 0. The van der Waals surface area contributed by atoms with Crippen LogP contribution in [0.3, 0.4) is 0 Å². The third-order valence-corrected chi connectivity index (χ3v) is 3.63. The molecule has 1 aromatic heterocycles. The molecule has 0 aliphatic rings. The van der Waals surface area contributed by atoms with Gasteiger partial charge in [-0.25, -0.2) is 13.8 Å². The standard InChI is InChI=1S/C20H16F2N2O2/c1-13(25)24-20-10-17(18(22)11-23-20)16-8-7-15(21)9-19(16)26-12-14-5-3-2-4-6-14/h2-11H,12H2,1H3,(H,23,24,25). The predicted molar refractivity (Wildman–Crippen MR) is 94.7 cm³/mol. The molecule has 4 nitrogen and oxygen atoms in total. The lowest BCUT2D eigenvalue weighted by Gasteiger charge is -2.13. The quantitative estimate of drug-likeness (QED) is 0.730. The van der Waals surface area contributed by atoms with Gasteiger partial charge in [-0.05, 0) is 23.8 Å². The second-order valence-corrected chi connectivity index (χ2v) is 5.65. The van der Waals surface area contributed by atoms with Gasteiger partial charge in [0.25, 0.3) is 0 Å². The average molecular weight is 354 g/mol. The van der Waals surface area contributed by atoms with Crippen LogP contribution in [0.25, 0.3) is 11.1 Å². The fraction of sp³-hybridized carbons (Fsp3) is 0.100. The molecule has 0 radical (unpaired) electrons. The van der Waals surface area contributed by atoms with Crippen molar-refractivity contribution in [1.82, 2.24) is 4.98 Å². The van der Waals surface area contributed by atoms with E-state index in [1.54, 1.807) is 0 Å². The third kappa shape index (κ3) is 4.22. The van der Waals surface area contributed by atoms with Crippen molar-refractivity contribution >= 4 is 11.7 Å². The lowest BCUT2D eigenvalue weighted by molar-refractivity contribution is -0.114. The van der Waals surface area contributed by atoms with Crippen LogP contribution in [0.5, 0.6) is 5.75 Å². The Balaban J connectivity index is 1.96. The second kappa shape index (κ2) is 7.74. The molecule has 0 atom stereocenters. The van der Waals surface area contributed by atoms with E-state index in [1.807, 2.05) is 30.3 Å². The van der Waals surface area contributed by atoms with Gasteiger partial charge >= 0.3 is 0 Å². The largest absolute Gasteiger partial charge is 0.488 e. The van der Waals surface area contributed by atoms with Crippen molar-refractivity contribution in [2.24, 2.45) is 0 Å². The van der Waals surface area contributed by atoms with Crippen LogP contribution in [0, 0.1) is 11.6 Å². The van der Waals surface area contributed by atoms with Crippen molar-refractivity contribution in [2.75, 3.05) is 5.32 Å². The normalized spacial score (nSPS) is 10.4. The maximum Gasteiger partial charge on any atom is 0.222 e. The minimum Gasteiger partial charge on any atom is -0.488 e. The minimum absolute atomic E-state index is 0.159. The van der Waals surface area contributed by atoms with E-state index in [0.717, 1.165) is 11.8 Å². The fourth-order valence-electron chi connectivity index (χ4n) is 2.47. The van der Waals surface area contributed by atoms with Crippen LogP contribution >= 0.6 is 0 Å². The number of ether oxygens (including phenoxy) is 1. The molecule has 0 saturated heterocycles. The first-order valence-electron chi connectivity index (χ1n) is 7.92. The van der Waals surface area contributed by atoms with Gasteiger partial charge in [-0.3, -0.25) is 4.79 Å². The van der Waals surface area contributed by atoms with Gasteiger partial charge in [0.2, 0.25) is 5.91 Å². The van der Waals surface area contributed by atoms with E-state index in [-0.39, 0.29) is 29.6 Å². The first-order chi connectivity index (χ1) is 12.5. The zero-order valence-electron chi connectivity index (χ0n) is 14.0. The molecule has 6 heteroatoms. The van der Waals surface area contributed by atoms with Gasteiger partial charge in [0.05, 0.1) is 6.20 Å². The summed E-state index contributed by atoms with van der Waals surface area (Å²) in [7, 11) is 0. The van der Waals surface area contributed by atoms with E-state index in [4.69, 9.17) is 4.74 Å². The van der Waals surface area contributed by atoms with Crippen molar-refractivity contribution in [3.8, 4) is 16.9 Å². The molecule has 1 heterocycles. The zero-order chi connectivity index (χ0) is 18.5. The molecule has 0 saturated carbocycles. The Morgan fingerprint density at radius 2 is 1.85 bits per heavy atom. The first kappa shape index (κ1) is 17.5. The summed E-state index contributed by atoms with van der Waals surface area (Å²) in [5.74, 6) is -1.02. The van der Waals surface area contributed by atoms with Crippen molar-refractivity contribution < 1.29 is 18.3 Å². The van der Waals surface area contributed by atoms with Crippen molar-refractivity contribution in [3.05, 3.63) is 78.0 Å². The summed E-state index contributed by atoms with van der Waals surface area (Å²) in [6.07, 6.45) is 1.00. The molecule has 0 bridgehead atoms. The maximum atomic E-state index is 14.3. The van der Waals surface area contributed by atoms with Crippen LogP contribution in [-0.4, -0.2) is 10.9 Å². The number of aromatic nitrogens is 1.